The zero-order valence-electron chi connectivity index (χ0n) is 12.0. The van der Waals surface area contributed by atoms with Crippen molar-refractivity contribution in [2.24, 2.45) is 5.92 Å². The third-order valence-electron chi connectivity index (χ3n) is 4.11. The first-order chi connectivity index (χ1) is 9.22. The van der Waals surface area contributed by atoms with Gasteiger partial charge < -0.3 is 5.32 Å². The van der Waals surface area contributed by atoms with Crippen LogP contribution in [0.3, 0.4) is 0 Å². The topological polar surface area (TPSA) is 37.8 Å². The van der Waals surface area contributed by atoms with Crippen LogP contribution in [0.4, 0.5) is 5.82 Å². The van der Waals surface area contributed by atoms with Crippen LogP contribution in [0, 0.1) is 5.92 Å². The molecule has 0 aromatic carbocycles. The molecule has 0 bridgehead atoms. The predicted molar refractivity (Wildman–Crippen MR) is 80.7 cm³/mol. The van der Waals surface area contributed by atoms with Crippen LogP contribution < -0.4 is 5.32 Å². The lowest BCUT2D eigenvalue weighted by atomic mass is 9.84. The summed E-state index contributed by atoms with van der Waals surface area (Å²) in [6, 6.07) is 0.460. The van der Waals surface area contributed by atoms with Crippen molar-refractivity contribution in [3.63, 3.8) is 0 Å². The van der Waals surface area contributed by atoms with Crippen LogP contribution >= 0.6 is 11.6 Å². The molecule has 1 aromatic rings. The molecule has 1 aliphatic carbocycles. The van der Waals surface area contributed by atoms with Gasteiger partial charge in [0.25, 0.3) is 0 Å². The minimum absolute atomic E-state index is 0.460. The van der Waals surface area contributed by atoms with E-state index in [4.69, 9.17) is 11.6 Å². The molecule has 1 N–H and O–H groups in total. The molecule has 1 fully saturated rings. The summed E-state index contributed by atoms with van der Waals surface area (Å²) < 4.78 is 0. The van der Waals surface area contributed by atoms with Gasteiger partial charge in [0.1, 0.15) is 17.3 Å². The average Bonchev–Trinajstić information content (AvgIpc) is 2.43. The SMILES string of the molecule is CCCc1c(Cl)ncnc1NC(C)C1CCCCC1. The molecule has 0 radical (unpaired) electrons. The molecule has 106 valence electrons. The van der Waals surface area contributed by atoms with E-state index in [1.807, 2.05) is 0 Å². The minimum Gasteiger partial charge on any atom is -0.367 e. The Hall–Kier alpha value is -0.830. The highest BCUT2D eigenvalue weighted by Crippen LogP contribution is 2.29. The number of halogens is 1. The highest BCUT2D eigenvalue weighted by atomic mass is 35.5. The van der Waals surface area contributed by atoms with Crippen LogP contribution in [0.25, 0.3) is 0 Å². The van der Waals surface area contributed by atoms with Gasteiger partial charge >= 0.3 is 0 Å². The standard InChI is InChI=1S/C15H24ClN3/c1-3-7-13-14(16)17-10-18-15(13)19-11(2)12-8-5-4-6-9-12/h10-12H,3-9H2,1-2H3,(H,17,18,19). The largest absolute Gasteiger partial charge is 0.367 e. The van der Waals surface area contributed by atoms with Crippen LogP contribution in [-0.2, 0) is 6.42 Å². The number of nitrogens with zero attached hydrogens (tertiary/aromatic N) is 2. The van der Waals surface area contributed by atoms with Gasteiger partial charge in [-0.3, -0.25) is 0 Å². The van der Waals surface area contributed by atoms with Crippen LogP contribution in [-0.4, -0.2) is 16.0 Å². The fourth-order valence-corrected chi connectivity index (χ4v) is 3.18. The zero-order valence-corrected chi connectivity index (χ0v) is 12.7. The Bertz CT molecular complexity index is 402. The van der Waals surface area contributed by atoms with Crippen molar-refractivity contribution >= 4 is 17.4 Å². The molecule has 0 spiro atoms. The normalized spacial score (nSPS) is 18.3. The first kappa shape index (κ1) is 14.6. The Balaban J connectivity index is 2.06. The summed E-state index contributed by atoms with van der Waals surface area (Å²) in [7, 11) is 0. The molecule has 0 saturated heterocycles. The second-order valence-corrected chi connectivity index (χ2v) is 5.93. The molecule has 19 heavy (non-hydrogen) atoms. The van der Waals surface area contributed by atoms with E-state index in [-0.39, 0.29) is 0 Å². The van der Waals surface area contributed by atoms with E-state index in [2.05, 4.69) is 29.1 Å². The fraction of sp³-hybridized carbons (Fsp3) is 0.733. The number of aromatic nitrogens is 2. The van der Waals surface area contributed by atoms with Crippen molar-refractivity contribution in [2.45, 2.75) is 64.8 Å². The molecule has 1 atom stereocenters. The van der Waals surface area contributed by atoms with Gasteiger partial charge in [0.05, 0.1) is 0 Å². The lowest BCUT2D eigenvalue weighted by molar-refractivity contribution is 0.328. The van der Waals surface area contributed by atoms with Crippen molar-refractivity contribution in [2.75, 3.05) is 5.32 Å². The van der Waals surface area contributed by atoms with Gasteiger partial charge in [-0.05, 0) is 32.1 Å². The van der Waals surface area contributed by atoms with Crippen LogP contribution in [0.2, 0.25) is 5.15 Å². The first-order valence-electron chi connectivity index (χ1n) is 7.48. The molecule has 1 saturated carbocycles. The monoisotopic (exact) mass is 281 g/mol. The van der Waals surface area contributed by atoms with Crippen LogP contribution in [0.5, 0.6) is 0 Å². The zero-order chi connectivity index (χ0) is 13.7. The lowest BCUT2D eigenvalue weighted by Crippen LogP contribution is -2.28. The molecule has 2 rings (SSSR count). The Labute approximate surface area is 121 Å². The molecule has 1 aliphatic rings. The summed E-state index contributed by atoms with van der Waals surface area (Å²) in [6.07, 6.45) is 10.3. The van der Waals surface area contributed by atoms with E-state index in [1.165, 1.54) is 32.1 Å². The van der Waals surface area contributed by atoms with E-state index in [1.54, 1.807) is 6.33 Å². The molecule has 0 aliphatic heterocycles. The minimum atomic E-state index is 0.460. The maximum Gasteiger partial charge on any atom is 0.137 e. The number of rotatable bonds is 5. The molecule has 4 heteroatoms. The van der Waals surface area contributed by atoms with Crippen molar-refractivity contribution in [1.29, 1.82) is 0 Å². The Morgan fingerprint density at radius 2 is 2.05 bits per heavy atom. The molecule has 0 amide bonds. The summed E-state index contributed by atoms with van der Waals surface area (Å²) in [5, 5.41) is 4.16. The highest BCUT2D eigenvalue weighted by Gasteiger charge is 2.21. The first-order valence-corrected chi connectivity index (χ1v) is 7.86. The van der Waals surface area contributed by atoms with Crippen molar-refractivity contribution in [1.82, 2.24) is 9.97 Å². The molecule has 1 aromatic heterocycles. The number of anilines is 1. The molecule has 1 heterocycles. The summed E-state index contributed by atoms with van der Waals surface area (Å²) in [5.41, 5.74) is 1.06. The quantitative estimate of drug-likeness (QED) is 0.810. The summed E-state index contributed by atoms with van der Waals surface area (Å²) in [4.78, 5) is 8.48. The molecular formula is C15H24ClN3. The van der Waals surface area contributed by atoms with E-state index < -0.39 is 0 Å². The number of nitrogens with one attached hydrogen (secondary N) is 1. The van der Waals surface area contributed by atoms with Gasteiger partial charge in [-0.15, -0.1) is 0 Å². The highest BCUT2D eigenvalue weighted by molar-refractivity contribution is 6.30. The van der Waals surface area contributed by atoms with E-state index in [0.29, 0.717) is 11.2 Å². The molecule has 1 unspecified atom stereocenters. The summed E-state index contributed by atoms with van der Waals surface area (Å²) in [6.45, 7) is 4.42. The van der Waals surface area contributed by atoms with Gasteiger partial charge in [-0.25, -0.2) is 9.97 Å². The average molecular weight is 282 g/mol. The maximum absolute atomic E-state index is 6.19. The van der Waals surface area contributed by atoms with Crippen LogP contribution in [0.1, 0.15) is 57.9 Å². The predicted octanol–water partition coefficient (Wildman–Crippen LogP) is 4.46. The van der Waals surface area contributed by atoms with Crippen LogP contribution in [0.15, 0.2) is 6.33 Å². The molecular weight excluding hydrogens is 258 g/mol. The van der Waals surface area contributed by atoms with Gasteiger partial charge in [0.15, 0.2) is 0 Å². The smallest absolute Gasteiger partial charge is 0.137 e. The Morgan fingerprint density at radius 1 is 1.32 bits per heavy atom. The summed E-state index contributed by atoms with van der Waals surface area (Å²) in [5.74, 6) is 1.69. The van der Waals surface area contributed by atoms with Crippen molar-refractivity contribution in [3.8, 4) is 0 Å². The third kappa shape index (κ3) is 3.82. The van der Waals surface area contributed by atoms with Gasteiger partial charge in [0.2, 0.25) is 0 Å². The summed E-state index contributed by atoms with van der Waals surface area (Å²) >= 11 is 6.19. The second kappa shape index (κ2) is 7.09. The lowest BCUT2D eigenvalue weighted by Gasteiger charge is -2.29. The maximum atomic E-state index is 6.19. The fourth-order valence-electron chi connectivity index (χ4n) is 2.95. The Kier molecular flexibility index (Phi) is 5.44. The van der Waals surface area contributed by atoms with Crippen molar-refractivity contribution in [3.05, 3.63) is 17.0 Å². The van der Waals surface area contributed by atoms with Gasteiger partial charge in [0, 0.05) is 11.6 Å². The van der Waals surface area contributed by atoms with E-state index in [9.17, 15) is 0 Å². The van der Waals surface area contributed by atoms with Gasteiger partial charge in [-0.1, -0.05) is 44.2 Å². The van der Waals surface area contributed by atoms with E-state index >= 15 is 0 Å². The van der Waals surface area contributed by atoms with E-state index in [0.717, 1.165) is 30.1 Å². The van der Waals surface area contributed by atoms with Crippen molar-refractivity contribution < 1.29 is 0 Å². The molecule has 3 nitrogen and oxygen atoms in total. The van der Waals surface area contributed by atoms with Gasteiger partial charge in [-0.2, -0.15) is 0 Å². The second-order valence-electron chi connectivity index (χ2n) is 5.57. The number of hydrogen-bond donors (Lipinski definition) is 1. The third-order valence-corrected chi connectivity index (χ3v) is 4.44. The Morgan fingerprint density at radius 3 is 2.74 bits per heavy atom. The number of hydrogen-bond acceptors (Lipinski definition) is 3.